The van der Waals surface area contributed by atoms with Crippen molar-refractivity contribution in [1.29, 1.82) is 0 Å². The van der Waals surface area contributed by atoms with E-state index in [0.29, 0.717) is 21.3 Å². The maximum atomic E-state index is 12.4. The Morgan fingerprint density at radius 3 is 2.54 bits per heavy atom. The van der Waals surface area contributed by atoms with Gasteiger partial charge in [-0.3, -0.25) is 4.79 Å². The number of nitrogens with one attached hydrogen (secondary N) is 2. The molecule has 2 rings (SSSR count). The number of nitrogens with two attached hydrogens (primary N) is 1. The number of aryl methyl sites for hydroxylation is 1. The molecular weight excluding hydrogens is 349 g/mol. The zero-order valence-corrected chi connectivity index (χ0v) is 14.5. The number of hydrogen-bond donors (Lipinski definition) is 3. The van der Waals surface area contributed by atoms with Gasteiger partial charge < -0.3 is 16.4 Å². The second-order valence-electron chi connectivity index (χ2n) is 5.29. The number of primary amides is 1. The first-order valence-electron chi connectivity index (χ1n) is 7.23. The largest absolute Gasteiger partial charge is 0.352 e. The van der Waals surface area contributed by atoms with Crippen molar-refractivity contribution in [2.24, 2.45) is 5.73 Å². The zero-order valence-electron chi connectivity index (χ0n) is 13.0. The highest BCUT2D eigenvalue weighted by atomic mass is 35.5. The maximum Gasteiger partial charge on any atom is 0.312 e. The van der Waals surface area contributed by atoms with Gasteiger partial charge in [-0.2, -0.15) is 0 Å². The van der Waals surface area contributed by atoms with Crippen LogP contribution in [0, 0.1) is 6.92 Å². The summed E-state index contributed by atoms with van der Waals surface area (Å²) >= 11 is 12.1. The van der Waals surface area contributed by atoms with Crippen molar-refractivity contribution >= 4 is 40.8 Å². The van der Waals surface area contributed by atoms with Gasteiger partial charge in [0.15, 0.2) is 0 Å². The van der Waals surface area contributed by atoms with Crippen molar-refractivity contribution in [3.8, 4) is 0 Å². The average Bonchev–Trinajstić information content (AvgIpc) is 2.50. The maximum absolute atomic E-state index is 12.4. The van der Waals surface area contributed by atoms with E-state index in [1.54, 1.807) is 36.4 Å². The second kappa shape index (κ2) is 8.04. The fourth-order valence-corrected chi connectivity index (χ4v) is 2.72. The van der Waals surface area contributed by atoms with Gasteiger partial charge in [-0.15, -0.1) is 0 Å². The van der Waals surface area contributed by atoms with Crippen molar-refractivity contribution in [1.82, 2.24) is 5.32 Å². The standard InChI is InChI=1S/C17H17Cl2N3O2/c1-10-6-7-11(18)8-14(10)21-16(23)9-15(22-17(20)24)12-4-2-3-5-13(12)19/h2-8,15H,9H2,1H3,(H,21,23)(H3,20,22,24)/t15-/m0/s1. The van der Waals surface area contributed by atoms with E-state index in [4.69, 9.17) is 28.9 Å². The van der Waals surface area contributed by atoms with Gasteiger partial charge in [0, 0.05) is 15.7 Å². The summed E-state index contributed by atoms with van der Waals surface area (Å²) in [6.07, 6.45) is -0.0153. The van der Waals surface area contributed by atoms with Crippen LogP contribution in [0.5, 0.6) is 0 Å². The predicted molar refractivity (Wildman–Crippen MR) is 96.3 cm³/mol. The molecule has 126 valence electrons. The minimum absolute atomic E-state index is 0.0153. The summed E-state index contributed by atoms with van der Waals surface area (Å²) in [6, 6.07) is 10.8. The van der Waals surface area contributed by atoms with Crippen LogP contribution in [0.2, 0.25) is 10.0 Å². The lowest BCUT2D eigenvalue weighted by Crippen LogP contribution is -2.35. The average molecular weight is 366 g/mol. The van der Waals surface area contributed by atoms with Crippen molar-refractivity contribution in [3.05, 3.63) is 63.6 Å². The minimum atomic E-state index is -0.730. The molecule has 5 nitrogen and oxygen atoms in total. The number of carbonyl (C=O) groups excluding carboxylic acids is 2. The summed E-state index contributed by atoms with van der Waals surface area (Å²) in [4.78, 5) is 23.6. The smallest absolute Gasteiger partial charge is 0.312 e. The molecule has 0 aliphatic rings. The fraction of sp³-hybridized carbons (Fsp3) is 0.176. The first kappa shape index (κ1) is 18.1. The molecule has 3 amide bonds. The Labute approximate surface area is 150 Å². The van der Waals surface area contributed by atoms with Crippen LogP contribution in [0.15, 0.2) is 42.5 Å². The molecule has 0 saturated carbocycles. The van der Waals surface area contributed by atoms with Crippen LogP contribution >= 0.6 is 23.2 Å². The highest BCUT2D eigenvalue weighted by molar-refractivity contribution is 6.31. The Hall–Kier alpha value is -2.24. The number of halogens is 2. The van der Waals surface area contributed by atoms with Crippen LogP contribution in [0.1, 0.15) is 23.6 Å². The van der Waals surface area contributed by atoms with Crippen molar-refractivity contribution in [2.75, 3.05) is 5.32 Å². The van der Waals surface area contributed by atoms with Crippen molar-refractivity contribution < 1.29 is 9.59 Å². The van der Waals surface area contributed by atoms with Gasteiger partial charge in [-0.05, 0) is 36.2 Å². The fourth-order valence-electron chi connectivity index (χ4n) is 2.28. The highest BCUT2D eigenvalue weighted by Gasteiger charge is 2.20. The van der Waals surface area contributed by atoms with E-state index in [9.17, 15) is 9.59 Å². The Bertz CT molecular complexity index is 765. The molecule has 4 N–H and O–H groups in total. The van der Waals surface area contributed by atoms with Crippen LogP contribution in [0.4, 0.5) is 10.5 Å². The second-order valence-corrected chi connectivity index (χ2v) is 6.14. The molecule has 0 bridgehead atoms. The van der Waals surface area contributed by atoms with E-state index in [-0.39, 0.29) is 12.3 Å². The van der Waals surface area contributed by atoms with E-state index in [1.807, 2.05) is 13.0 Å². The molecule has 7 heteroatoms. The Balaban J connectivity index is 2.17. The van der Waals surface area contributed by atoms with Gasteiger partial charge in [-0.25, -0.2) is 4.79 Å². The molecule has 24 heavy (non-hydrogen) atoms. The van der Waals surface area contributed by atoms with Gasteiger partial charge in [0.2, 0.25) is 5.91 Å². The number of carbonyl (C=O) groups is 2. The summed E-state index contributed by atoms with van der Waals surface area (Å²) in [5.41, 5.74) is 7.33. The molecule has 0 heterocycles. The quantitative estimate of drug-likeness (QED) is 0.746. The molecule has 0 saturated heterocycles. The number of anilines is 1. The van der Waals surface area contributed by atoms with E-state index in [1.165, 1.54) is 0 Å². The monoisotopic (exact) mass is 365 g/mol. The van der Waals surface area contributed by atoms with Gasteiger partial charge in [0.1, 0.15) is 0 Å². The van der Waals surface area contributed by atoms with E-state index in [2.05, 4.69) is 10.6 Å². The van der Waals surface area contributed by atoms with Gasteiger partial charge in [0.25, 0.3) is 0 Å². The van der Waals surface area contributed by atoms with Crippen LogP contribution in [-0.4, -0.2) is 11.9 Å². The van der Waals surface area contributed by atoms with Crippen LogP contribution in [-0.2, 0) is 4.79 Å². The highest BCUT2D eigenvalue weighted by Crippen LogP contribution is 2.26. The predicted octanol–water partition coefficient (Wildman–Crippen LogP) is 4.04. The summed E-state index contributed by atoms with van der Waals surface area (Å²) in [7, 11) is 0. The Kier molecular flexibility index (Phi) is 6.06. The molecule has 0 radical (unpaired) electrons. The number of benzene rings is 2. The molecule has 1 atom stereocenters. The topological polar surface area (TPSA) is 84.2 Å². The molecule has 2 aromatic rings. The van der Waals surface area contributed by atoms with Gasteiger partial charge in [-0.1, -0.05) is 47.5 Å². The summed E-state index contributed by atoms with van der Waals surface area (Å²) in [6.45, 7) is 1.86. The van der Waals surface area contributed by atoms with Crippen molar-refractivity contribution in [2.45, 2.75) is 19.4 Å². The first-order valence-corrected chi connectivity index (χ1v) is 7.99. The number of hydrogen-bond acceptors (Lipinski definition) is 2. The molecule has 0 unspecified atom stereocenters. The van der Waals surface area contributed by atoms with Crippen molar-refractivity contribution in [3.63, 3.8) is 0 Å². The molecule has 0 spiro atoms. The minimum Gasteiger partial charge on any atom is -0.352 e. The third kappa shape index (κ3) is 4.88. The molecule has 0 aliphatic carbocycles. The third-order valence-electron chi connectivity index (χ3n) is 3.46. The zero-order chi connectivity index (χ0) is 17.7. The Morgan fingerprint density at radius 2 is 1.88 bits per heavy atom. The summed E-state index contributed by atoms with van der Waals surface area (Å²) in [5, 5.41) is 6.30. The van der Waals surface area contributed by atoms with Crippen LogP contribution in [0.25, 0.3) is 0 Å². The SMILES string of the molecule is Cc1ccc(Cl)cc1NC(=O)C[C@H](NC(N)=O)c1ccccc1Cl. The first-order chi connectivity index (χ1) is 11.4. The number of urea groups is 1. The van der Waals surface area contributed by atoms with E-state index in [0.717, 1.165) is 5.56 Å². The van der Waals surface area contributed by atoms with E-state index >= 15 is 0 Å². The third-order valence-corrected chi connectivity index (χ3v) is 4.04. The molecule has 0 aromatic heterocycles. The number of rotatable bonds is 5. The summed E-state index contributed by atoms with van der Waals surface area (Å²) < 4.78 is 0. The lowest BCUT2D eigenvalue weighted by Gasteiger charge is -2.19. The van der Waals surface area contributed by atoms with Gasteiger partial charge >= 0.3 is 6.03 Å². The molecule has 0 aliphatic heterocycles. The molecule has 0 fully saturated rings. The lowest BCUT2D eigenvalue weighted by molar-refractivity contribution is -0.116. The molecular formula is C17H17Cl2N3O2. The Morgan fingerprint density at radius 1 is 1.17 bits per heavy atom. The normalized spacial score (nSPS) is 11.6. The number of amides is 3. The lowest BCUT2D eigenvalue weighted by atomic mass is 10.0. The van der Waals surface area contributed by atoms with E-state index < -0.39 is 12.1 Å². The molecule has 2 aromatic carbocycles. The van der Waals surface area contributed by atoms with Gasteiger partial charge in [0.05, 0.1) is 12.5 Å². The van der Waals surface area contributed by atoms with Crippen LogP contribution < -0.4 is 16.4 Å². The van der Waals surface area contributed by atoms with Crippen LogP contribution in [0.3, 0.4) is 0 Å². The summed E-state index contributed by atoms with van der Waals surface area (Å²) in [5.74, 6) is -0.293.